The van der Waals surface area contributed by atoms with E-state index in [2.05, 4.69) is 10.5 Å². The van der Waals surface area contributed by atoms with E-state index < -0.39 is 17.7 Å². The molecular formula is C20H26N2O6. The first kappa shape index (κ1) is 21.3. The van der Waals surface area contributed by atoms with Crippen molar-refractivity contribution >= 4 is 12.1 Å². The number of hydrogen-bond donors (Lipinski definition) is 1. The maximum atomic E-state index is 12.0. The van der Waals surface area contributed by atoms with Crippen LogP contribution in [0.5, 0.6) is 5.75 Å². The van der Waals surface area contributed by atoms with Crippen LogP contribution in [0.3, 0.4) is 0 Å². The zero-order valence-electron chi connectivity index (χ0n) is 16.8. The molecule has 0 fully saturated rings. The van der Waals surface area contributed by atoms with Crippen molar-refractivity contribution in [2.24, 2.45) is 0 Å². The fraction of sp³-hybridized carbons (Fsp3) is 0.450. The van der Waals surface area contributed by atoms with E-state index in [-0.39, 0.29) is 13.2 Å². The molecule has 0 spiro atoms. The van der Waals surface area contributed by atoms with E-state index in [9.17, 15) is 9.59 Å². The maximum Gasteiger partial charge on any atom is 0.407 e. The maximum absolute atomic E-state index is 12.0. The summed E-state index contributed by atoms with van der Waals surface area (Å²) in [7, 11) is 0. The van der Waals surface area contributed by atoms with Crippen LogP contribution in [0.4, 0.5) is 4.79 Å². The third kappa shape index (κ3) is 6.61. The largest absolute Gasteiger partial charge is 0.489 e. The Morgan fingerprint density at radius 2 is 1.82 bits per heavy atom. The summed E-state index contributed by atoms with van der Waals surface area (Å²) < 4.78 is 21.0. The van der Waals surface area contributed by atoms with Crippen LogP contribution >= 0.6 is 0 Å². The fourth-order valence-corrected chi connectivity index (χ4v) is 2.25. The van der Waals surface area contributed by atoms with Crippen LogP contribution < -0.4 is 10.1 Å². The summed E-state index contributed by atoms with van der Waals surface area (Å²) in [5.41, 5.74) is 1.51. The number of carbonyl (C=O) groups excluding carboxylic acids is 2. The van der Waals surface area contributed by atoms with Crippen molar-refractivity contribution in [3.63, 3.8) is 0 Å². The minimum Gasteiger partial charge on any atom is -0.489 e. The highest BCUT2D eigenvalue weighted by molar-refractivity contribution is 5.89. The van der Waals surface area contributed by atoms with Crippen molar-refractivity contribution in [3.05, 3.63) is 46.8 Å². The summed E-state index contributed by atoms with van der Waals surface area (Å²) in [4.78, 5) is 23.5. The molecule has 0 saturated carbocycles. The number of rotatable bonds is 7. The van der Waals surface area contributed by atoms with E-state index in [0.29, 0.717) is 17.9 Å². The second-order valence-electron chi connectivity index (χ2n) is 7.18. The van der Waals surface area contributed by atoms with Crippen LogP contribution in [0.15, 0.2) is 28.8 Å². The molecule has 2 aromatic rings. The first-order valence-corrected chi connectivity index (χ1v) is 8.94. The Morgan fingerprint density at radius 3 is 2.39 bits per heavy atom. The smallest absolute Gasteiger partial charge is 0.407 e. The van der Waals surface area contributed by atoms with E-state index in [1.54, 1.807) is 45.0 Å². The SMILES string of the molecule is Cc1noc(C)c1COc1ccc(C(=O)OCCNC(=O)OC(C)(C)C)cc1. The minimum atomic E-state index is -0.573. The lowest BCUT2D eigenvalue weighted by atomic mass is 10.2. The van der Waals surface area contributed by atoms with Gasteiger partial charge in [-0.05, 0) is 58.9 Å². The van der Waals surface area contributed by atoms with E-state index in [4.69, 9.17) is 18.7 Å². The second kappa shape index (κ2) is 9.25. The Kier molecular flexibility index (Phi) is 7.03. The van der Waals surface area contributed by atoms with Gasteiger partial charge in [0.15, 0.2) is 0 Å². The molecule has 8 nitrogen and oxygen atoms in total. The molecule has 0 bridgehead atoms. The van der Waals surface area contributed by atoms with Crippen LogP contribution in [0.2, 0.25) is 0 Å². The number of nitrogens with zero attached hydrogens (tertiary/aromatic N) is 1. The molecule has 2 rings (SSSR count). The molecule has 8 heteroatoms. The number of hydrogen-bond acceptors (Lipinski definition) is 7. The molecule has 0 unspecified atom stereocenters. The molecule has 152 valence electrons. The predicted molar refractivity (Wildman–Crippen MR) is 101 cm³/mol. The Bertz CT molecular complexity index is 786. The zero-order chi connectivity index (χ0) is 20.7. The predicted octanol–water partition coefficient (Wildman–Crippen LogP) is 3.55. The topological polar surface area (TPSA) is 99.9 Å². The summed E-state index contributed by atoms with van der Waals surface area (Å²) >= 11 is 0. The molecule has 28 heavy (non-hydrogen) atoms. The lowest BCUT2D eigenvalue weighted by molar-refractivity contribution is 0.0433. The van der Waals surface area contributed by atoms with Gasteiger partial charge < -0.3 is 24.1 Å². The number of esters is 1. The van der Waals surface area contributed by atoms with Gasteiger partial charge in [0.1, 0.15) is 30.3 Å². The van der Waals surface area contributed by atoms with Gasteiger partial charge in [-0.3, -0.25) is 0 Å². The van der Waals surface area contributed by atoms with Crippen LogP contribution in [-0.2, 0) is 16.1 Å². The van der Waals surface area contributed by atoms with Gasteiger partial charge in [0.2, 0.25) is 0 Å². The monoisotopic (exact) mass is 390 g/mol. The second-order valence-corrected chi connectivity index (χ2v) is 7.18. The summed E-state index contributed by atoms with van der Waals surface area (Å²) in [5.74, 6) is 0.851. The molecule has 0 aliphatic rings. The molecular weight excluding hydrogens is 364 g/mol. The highest BCUT2D eigenvalue weighted by Crippen LogP contribution is 2.18. The van der Waals surface area contributed by atoms with Crippen LogP contribution in [0, 0.1) is 13.8 Å². The number of amides is 1. The average molecular weight is 390 g/mol. The van der Waals surface area contributed by atoms with Crippen molar-refractivity contribution in [2.75, 3.05) is 13.2 Å². The molecule has 0 aliphatic heterocycles. The molecule has 1 aromatic heterocycles. The highest BCUT2D eigenvalue weighted by atomic mass is 16.6. The first-order chi connectivity index (χ1) is 13.2. The van der Waals surface area contributed by atoms with Gasteiger partial charge in [0.05, 0.1) is 23.4 Å². The first-order valence-electron chi connectivity index (χ1n) is 8.94. The van der Waals surface area contributed by atoms with E-state index >= 15 is 0 Å². The molecule has 0 radical (unpaired) electrons. The highest BCUT2D eigenvalue weighted by Gasteiger charge is 2.16. The van der Waals surface area contributed by atoms with Crippen molar-refractivity contribution in [1.29, 1.82) is 0 Å². The summed E-state index contributed by atoms with van der Waals surface area (Å²) in [6.45, 7) is 9.54. The molecule has 0 saturated heterocycles. The van der Waals surface area contributed by atoms with E-state index in [0.717, 1.165) is 17.0 Å². The molecule has 0 aliphatic carbocycles. The quantitative estimate of drug-likeness (QED) is 0.570. The van der Waals surface area contributed by atoms with Crippen molar-refractivity contribution in [1.82, 2.24) is 10.5 Å². The number of aryl methyl sites for hydroxylation is 2. The fourth-order valence-electron chi connectivity index (χ4n) is 2.25. The van der Waals surface area contributed by atoms with E-state index in [1.807, 2.05) is 13.8 Å². The number of alkyl carbamates (subject to hydrolysis) is 1. The van der Waals surface area contributed by atoms with Gasteiger partial charge in [0, 0.05) is 0 Å². The number of benzene rings is 1. The Balaban J connectivity index is 1.75. The summed E-state index contributed by atoms with van der Waals surface area (Å²) in [5, 5.41) is 6.40. The lowest BCUT2D eigenvalue weighted by Gasteiger charge is -2.19. The summed E-state index contributed by atoms with van der Waals surface area (Å²) in [6.07, 6.45) is -0.552. The van der Waals surface area contributed by atoms with Gasteiger partial charge in [-0.2, -0.15) is 0 Å². The molecule has 1 heterocycles. The average Bonchev–Trinajstić information content (AvgIpc) is 2.94. The number of aromatic nitrogens is 1. The number of ether oxygens (including phenoxy) is 3. The molecule has 1 N–H and O–H groups in total. The Hall–Kier alpha value is -3.03. The van der Waals surface area contributed by atoms with Gasteiger partial charge >= 0.3 is 12.1 Å². The summed E-state index contributed by atoms with van der Waals surface area (Å²) in [6, 6.07) is 6.61. The minimum absolute atomic E-state index is 0.0440. The normalized spacial score (nSPS) is 11.0. The van der Waals surface area contributed by atoms with E-state index in [1.165, 1.54) is 0 Å². The molecule has 1 aromatic carbocycles. The third-order valence-electron chi connectivity index (χ3n) is 3.66. The van der Waals surface area contributed by atoms with Crippen LogP contribution in [-0.4, -0.2) is 36.0 Å². The van der Waals surface area contributed by atoms with Gasteiger partial charge in [-0.25, -0.2) is 9.59 Å². The molecule has 1 amide bonds. The molecule has 0 atom stereocenters. The van der Waals surface area contributed by atoms with Gasteiger partial charge in [0.25, 0.3) is 0 Å². The number of nitrogens with one attached hydrogen (secondary N) is 1. The number of carbonyl (C=O) groups is 2. The van der Waals surface area contributed by atoms with Crippen LogP contribution in [0.1, 0.15) is 48.1 Å². The Morgan fingerprint density at radius 1 is 1.14 bits per heavy atom. The van der Waals surface area contributed by atoms with Crippen molar-refractivity contribution in [2.45, 2.75) is 46.8 Å². The lowest BCUT2D eigenvalue weighted by Crippen LogP contribution is -2.34. The standard InChI is InChI=1S/C20H26N2O6/c1-13-17(14(2)28-22-13)12-26-16-8-6-15(7-9-16)18(23)25-11-10-21-19(24)27-20(3,4)5/h6-9H,10-12H2,1-5H3,(H,21,24). The van der Waals surface area contributed by atoms with Gasteiger partial charge in [-0.15, -0.1) is 0 Å². The zero-order valence-corrected chi connectivity index (χ0v) is 16.8. The van der Waals surface area contributed by atoms with Crippen molar-refractivity contribution < 1.29 is 28.3 Å². The van der Waals surface area contributed by atoms with Gasteiger partial charge in [-0.1, -0.05) is 5.16 Å². The Labute approximate surface area is 164 Å². The van der Waals surface area contributed by atoms with Crippen molar-refractivity contribution in [3.8, 4) is 5.75 Å². The van der Waals surface area contributed by atoms with Crippen LogP contribution in [0.25, 0.3) is 0 Å². The third-order valence-corrected chi connectivity index (χ3v) is 3.66.